The Labute approximate surface area is 168 Å². The van der Waals surface area contributed by atoms with Gasteiger partial charge in [-0.15, -0.1) is 11.3 Å². The Morgan fingerprint density at radius 2 is 1.93 bits per heavy atom. The van der Waals surface area contributed by atoms with Crippen LogP contribution >= 0.6 is 11.3 Å². The van der Waals surface area contributed by atoms with Gasteiger partial charge in [0, 0.05) is 54.8 Å². The largest absolute Gasteiger partial charge is 0.340 e. The molecule has 0 spiro atoms. The lowest BCUT2D eigenvalue weighted by molar-refractivity contribution is -0.131. The first-order valence-corrected chi connectivity index (χ1v) is 10.8. The Balaban J connectivity index is 1.82. The number of hydrogen-bond acceptors (Lipinski definition) is 3. The summed E-state index contributed by atoms with van der Waals surface area (Å²) < 4.78 is 0. The van der Waals surface area contributed by atoms with E-state index in [0.29, 0.717) is 11.8 Å². The molecule has 2 heterocycles. The Kier molecular flexibility index (Phi) is 6.38. The lowest BCUT2D eigenvalue weighted by atomic mass is 9.86. The van der Waals surface area contributed by atoms with E-state index in [1.54, 1.807) is 6.92 Å². The molecule has 1 aliphatic heterocycles. The van der Waals surface area contributed by atoms with E-state index in [1.807, 2.05) is 16.2 Å². The molecule has 27 heavy (non-hydrogen) atoms. The number of benzene rings is 1. The molecular weight excluding hydrogens is 352 g/mol. The first-order valence-electron chi connectivity index (χ1n) is 9.95. The number of rotatable bonds is 6. The molecule has 3 rings (SSSR count). The predicted molar refractivity (Wildman–Crippen MR) is 114 cm³/mol. The van der Waals surface area contributed by atoms with Crippen LogP contribution in [0.5, 0.6) is 0 Å². The van der Waals surface area contributed by atoms with Gasteiger partial charge in [-0.05, 0) is 56.9 Å². The number of hydrogen-bond donors (Lipinski definition) is 0. The molecule has 2 atom stereocenters. The summed E-state index contributed by atoms with van der Waals surface area (Å²) in [6.07, 6.45) is 0. The molecule has 1 aromatic heterocycles. The summed E-state index contributed by atoms with van der Waals surface area (Å²) in [4.78, 5) is 19.6. The Morgan fingerprint density at radius 1 is 1.19 bits per heavy atom. The fraction of sp³-hybridized carbons (Fsp3) is 0.522. The molecule has 1 aromatic carbocycles. The van der Waals surface area contributed by atoms with E-state index in [0.717, 1.165) is 26.2 Å². The summed E-state index contributed by atoms with van der Waals surface area (Å²) in [5.41, 5.74) is 2.81. The average molecular weight is 385 g/mol. The highest BCUT2D eigenvalue weighted by Gasteiger charge is 2.36. The maximum absolute atomic E-state index is 12.2. The lowest BCUT2D eigenvalue weighted by Gasteiger charge is -2.31. The third kappa shape index (κ3) is 4.80. The minimum absolute atomic E-state index is 0.181. The topological polar surface area (TPSA) is 23.6 Å². The summed E-state index contributed by atoms with van der Waals surface area (Å²) in [6.45, 7) is 14.3. The van der Waals surface area contributed by atoms with Crippen LogP contribution in [0, 0.1) is 19.8 Å². The second-order valence-corrected chi connectivity index (χ2v) is 9.57. The van der Waals surface area contributed by atoms with Crippen molar-refractivity contribution in [2.24, 2.45) is 5.92 Å². The van der Waals surface area contributed by atoms with Gasteiger partial charge in [0.15, 0.2) is 0 Å². The maximum atomic E-state index is 12.2. The van der Waals surface area contributed by atoms with E-state index in [-0.39, 0.29) is 11.9 Å². The number of likely N-dealkylation sites (tertiary alicyclic amines) is 1. The molecule has 1 aliphatic rings. The van der Waals surface area contributed by atoms with Crippen molar-refractivity contribution >= 4 is 17.2 Å². The van der Waals surface area contributed by atoms with E-state index < -0.39 is 0 Å². The minimum Gasteiger partial charge on any atom is -0.340 e. The smallest absolute Gasteiger partial charge is 0.219 e. The Morgan fingerprint density at radius 3 is 2.52 bits per heavy atom. The van der Waals surface area contributed by atoms with Gasteiger partial charge < -0.3 is 4.90 Å². The molecule has 1 fully saturated rings. The summed E-state index contributed by atoms with van der Waals surface area (Å²) in [5.74, 6) is 1.13. The number of thiophene rings is 1. The minimum atomic E-state index is 0.181. The quantitative estimate of drug-likeness (QED) is 0.712. The van der Waals surface area contributed by atoms with E-state index in [1.165, 1.54) is 20.9 Å². The van der Waals surface area contributed by atoms with E-state index in [2.05, 4.69) is 69.0 Å². The van der Waals surface area contributed by atoms with Crippen LogP contribution < -0.4 is 0 Å². The van der Waals surface area contributed by atoms with Crippen molar-refractivity contribution in [2.75, 3.05) is 19.6 Å². The molecule has 0 saturated carbocycles. The van der Waals surface area contributed by atoms with Crippen molar-refractivity contribution in [3.8, 4) is 0 Å². The molecule has 1 amide bonds. The van der Waals surface area contributed by atoms with Crippen LogP contribution in [0.25, 0.3) is 0 Å². The predicted octanol–water partition coefficient (Wildman–Crippen LogP) is 4.84. The molecule has 4 heteroatoms. The van der Waals surface area contributed by atoms with Crippen molar-refractivity contribution < 1.29 is 4.79 Å². The van der Waals surface area contributed by atoms with Crippen molar-refractivity contribution in [3.63, 3.8) is 0 Å². The van der Waals surface area contributed by atoms with Crippen LogP contribution in [-0.4, -0.2) is 41.4 Å². The third-order valence-corrected chi connectivity index (χ3v) is 6.72. The summed E-state index contributed by atoms with van der Waals surface area (Å²) in [5, 5.41) is 0. The van der Waals surface area contributed by atoms with Gasteiger partial charge in [-0.2, -0.15) is 0 Å². The van der Waals surface area contributed by atoms with E-state index >= 15 is 0 Å². The summed E-state index contributed by atoms with van der Waals surface area (Å²) in [7, 11) is 0. The molecule has 0 N–H and O–H groups in total. The lowest BCUT2D eigenvalue weighted by Crippen LogP contribution is -2.40. The number of nitrogens with zero attached hydrogens (tertiary/aromatic N) is 2. The molecule has 0 bridgehead atoms. The molecule has 0 aliphatic carbocycles. The average Bonchev–Trinajstić information content (AvgIpc) is 3.18. The second-order valence-electron chi connectivity index (χ2n) is 8.19. The van der Waals surface area contributed by atoms with Crippen LogP contribution in [-0.2, 0) is 11.3 Å². The van der Waals surface area contributed by atoms with Gasteiger partial charge in [0.1, 0.15) is 0 Å². The van der Waals surface area contributed by atoms with Crippen LogP contribution in [0.15, 0.2) is 36.4 Å². The number of carbonyl (C=O) groups is 1. The van der Waals surface area contributed by atoms with Crippen molar-refractivity contribution in [3.05, 3.63) is 57.3 Å². The van der Waals surface area contributed by atoms with Crippen molar-refractivity contribution in [1.29, 1.82) is 0 Å². The van der Waals surface area contributed by atoms with E-state index in [9.17, 15) is 4.79 Å². The van der Waals surface area contributed by atoms with Gasteiger partial charge in [-0.3, -0.25) is 9.69 Å². The highest BCUT2D eigenvalue weighted by molar-refractivity contribution is 7.11. The molecule has 146 valence electrons. The molecule has 2 aromatic rings. The zero-order chi connectivity index (χ0) is 19.6. The SMILES string of the molecule is CC(=O)N(CC1CN(Cc2ccc(C)s2)CC1c1ccccc1C)C(C)C. The molecule has 2 unspecified atom stereocenters. The molecule has 1 saturated heterocycles. The summed E-state index contributed by atoms with van der Waals surface area (Å²) >= 11 is 1.89. The fourth-order valence-corrected chi connectivity index (χ4v) is 5.31. The number of aryl methyl sites for hydroxylation is 2. The van der Waals surface area contributed by atoms with Gasteiger partial charge in [0.2, 0.25) is 5.91 Å². The van der Waals surface area contributed by atoms with Crippen molar-refractivity contribution in [1.82, 2.24) is 9.80 Å². The highest BCUT2D eigenvalue weighted by Crippen LogP contribution is 2.36. The second kappa shape index (κ2) is 8.57. The zero-order valence-electron chi connectivity index (χ0n) is 17.2. The van der Waals surface area contributed by atoms with Gasteiger partial charge >= 0.3 is 0 Å². The fourth-order valence-electron chi connectivity index (χ4n) is 4.38. The van der Waals surface area contributed by atoms with Gasteiger partial charge in [0.25, 0.3) is 0 Å². The number of amides is 1. The van der Waals surface area contributed by atoms with E-state index in [4.69, 9.17) is 0 Å². The summed E-state index contributed by atoms with van der Waals surface area (Å²) in [6, 6.07) is 13.5. The molecule has 3 nitrogen and oxygen atoms in total. The standard InChI is InChI=1S/C23H32N2OS/c1-16(2)25(19(5)26)13-20-12-24(14-21-11-10-18(4)27-21)15-23(20)22-9-7-6-8-17(22)3/h6-11,16,20,23H,12-15H2,1-5H3. The monoisotopic (exact) mass is 384 g/mol. The number of carbonyl (C=O) groups excluding carboxylic acids is 1. The first-order chi connectivity index (χ1) is 12.8. The van der Waals surface area contributed by atoms with Gasteiger partial charge in [0.05, 0.1) is 0 Å². The first kappa shape index (κ1) is 20.1. The highest BCUT2D eigenvalue weighted by atomic mass is 32.1. The van der Waals surface area contributed by atoms with Crippen LogP contribution in [0.2, 0.25) is 0 Å². The molecular formula is C23H32N2OS. The Hall–Kier alpha value is -1.65. The van der Waals surface area contributed by atoms with Gasteiger partial charge in [-0.1, -0.05) is 24.3 Å². The Bertz CT molecular complexity index is 782. The third-order valence-electron chi connectivity index (χ3n) is 5.74. The normalized spacial score (nSPS) is 20.4. The maximum Gasteiger partial charge on any atom is 0.219 e. The van der Waals surface area contributed by atoms with Crippen LogP contribution in [0.1, 0.15) is 47.6 Å². The zero-order valence-corrected chi connectivity index (χ0v) is 18.1. The molecule has 0 radical (unpaired) electrons. The van der Waals surface area contributed by atoms with Crippen molar-refractivity contribution in [2.45, 2.75) is 53.1 Å². The van der Waals surface area contributed by atoms with Gasteiger partial charge in [-0.25, -0.2) is 0 Å². The van der Waals surface area contributed by atoms with Crippen LogP contribution in [0.3, 0.4) is 0 Å². The van der Waals surface area contributed by atoms with Crippen LogP contribution in [0.4, 0.5) is 0 Å².